The number of hydrogen-bond acceptors (Lipinski definition) is 4. The smallest absolute Gasteiger partial charge is 0.780 e. The molecular formula is C14H21MgO4P. The van der Waals surface area contributed by atoms with E-state index in [1.807, 2.05) is 26.8 Å². The summed E-state index contributed by atoms with van der Waals surface area (Å²) in [6, 6.07) is 5.26. The molecule has 0 N–H and O–H groups in total. The van der Waals surface area contributed by atoms with Crippen molar-refractivity contribution >= 4 is 30.9 Å². The van der Waals surface area contributed by atoms with E-state index in [2.05, 4.69) is 25.3 Å². The third kappa shape index (κ3) is 5.74. The predicted molar refractivity (Wildman–Crippen MR) is 77.8 cm³/mol. The Bertz CT molecular complexity index is 509. The van der Waals surface area contributed by atoms with Gasteiger partial charge in [-0.3, -0.25) is 0 Å². The van der Waals surface area contributed by atoms with Crippen LogP contribution in [0.3, 0.4) is 0 Å². The molecule has 0 aliphatic heterocycles. The summed E-state index contributed by atoms with van der Waals surface area (Å²) in [6.07, 6.45) is 0. The predicted octanol–water partition coefficient (Wildman–Crippen LogP) is 2.11. The summed E-state index contributed by atoms with van der Waals surface area (Å²) < 4.78 is 15.4. The average molecular weight is 309 g/mol. The van der Waals surface area contributed by atoms with Gasteiger partial charge in [0.2, 0.25) is 0 Å². The Labute approximate surface area is 137 Å². The van der Waals surface area contributed by atoms with Gasteiger partial charge in [-0.2, -0.15) is 0 Å². The van der Waals surface area contributed by atoms with Crippen LogP contribution in [0.4, 0.5) is 0 Å². The van der Waals surface area contributed by atoms with Crippen molar-refractivity contribution < 1.29 is 18.9 Å². The fourth-order valence-electron chi connectivity index (χ4n) is 1.78. The zero-order chi connectivity index (χ0) is 15.1. The summed E-state index contributed by atoms with van der Waals surface area (Å²) >= 11 is 0. The first-order valence-corrected chi connectivity index (χ1v) is 7.63. The Kier molecular flexibility index (Phi) is 6.35. The number of phosphoric ester groups is 1. The van der Waals surface area contributed by atoms with E-state index in [1.54, 1.807) is 12.1 Å². The van der Waals surface area contributed by atoms with E-state index >= 15 is 0 Å². The van der Waals surface area contributed by atoms with Gasteiger partial charge in [-0.25, -0.2) is 0 Å². The zero-order valence-corrected chi connectivity index (χ0v) is 15.3. The number of rotatable bonds is 2. The summed E-state index contributed by atoms with van der Waals surface area (Å²) in [7, 11) is -5.04. The van der Waals surface area contributed by atoms with Gasteiger partial charge in [-0.15, -0.1) is 0 Å². The molecule has 1 aromatic carbocycles. The van der Waals surface area contributed by atoms with Crippen molar-refractivity contribution in [1.82, 2.24) is 0 Å². The Morgan fingerprint density at radius 2 is 1.50 bits per heavy atom. The molecule has 20 heavy (non-hydrogen) atoms. The molecule has 0 saturated carbocycles. The van der Waals surface area contributed by atoms with Crippen LogP contribution in [0.25, 0.3) is 0 Å². The molecule has 0 amide bonds. The van der Waals surface area contributed by atoms with Crippen LogP contribution < -0.4 is 14.3 Å². The summed E-state index contributed by atoms with van der Waals surface area (Å²) in [6.45, 7) is 12.1. The maximum absolute atomic E-state index is 10.8. The molecule has 0 saturated heterocycles. The third-order valence-electron chi connectivity index (χ3n) is 2.86. The summed E-state index contributed by atoms with van der Waals surface area (Å²) in [5.41, 5.74) is 1.41. The molecule has 0 spiro atoms. The Hall–Kier alpha value is -0.0638. The van der Waals surface area contributed by atoms with Crippen molar-refractivity contribution in [2.24, 2.45) is 0 Å². The van der Waals surface area contributed by atoms with Crippen molar-refractivity contribution in [3.63, 3.8) is 0 Å². The largest absolute Gasteiger partial charge is 2.00 e. The first-order valence-electron chi connectivity index (χ1n) is 6.17. The van der Waals surface area contributed by atoms with Gasteiger partial charge in [-0.05, 0) is 22.5 Å². The number of benzene rings is 1. The standard InChI is InChI=1S/C14H23O4P.Mg/c1-13(2,3)10-7-8-12(18-19(15,16)17)11(9-10)14(4,5)6;/h7-9H,1-6H3,(H2,15,16,17);/q;+2/p-2. The van der Waals surface area contributed by atoms with Crippen LogP contribution in [0, 0.1) is 0 Å². The van der Waals surface area contributed by atoms with E-state index in [9.17, 15) is 14.4 Å². The van der Waals surface area contributed by atoms with Gasteiger partial charge < -0.3 is 18.9 Å². The Morgan fingerprint density at radius 1 is 1.00 bits per heavy atom. The number of hydrogen-bond donors (Lipinski definition) is 0. The fraction of sp³-hybridized carbons (Fsp3) is 0.571. The molecule has 4 nitrogen and oxygen atoms in total. The minimum Gasteiger partial charge on any atom is -0.780 e. The van der Waals surface area contributed by atoms with E-state index in [0.717, 1.165) is 5.56 Å². The minimum absolute atomic E-state index is 0. The average Bonchev–Trinajstić information content (AvgIpc) is 2.11. The quantitative estimate of drug-likeness (QED) is 0.619. The molecule has 0 aromatic heterocycles. The minimum atomic E-state index is -5.04. The van der Waals surface area contributed by atoms with Crippen molar-refractivity contribution in [1.29, 1.82) is 0 Å². The van der Waals surface area contributed by atoms with Crippen molar-refractivity contribution in [2.75, 3.05) is 0 Å². The first-order chi connectivity index (χ1) is 8.31. The topological polar surface area (TPSA) is 72.4 Å². The van der Waals surface area contributed by atoms with Gasteiger partial charge in [0, 0.05) is 5.56 Å². The molecule has 0 atom stereocenters. The van der Waals surface area contributed by atoms with E-state index < -0.39 is 7.82 Å². The molecule has 108 valence electrons. The Balaban J connectivity index is 0.00000361. The molecule has 0 radical (unpaired) electrons. The maximum atomic E-state index is 10.8. The monoisotopic (exact) mass is 308 g/mol. The molecule has 0 fully saturated rings. The second-order valence-electron chi connectivity index (χ2n) is 6.75. The maximum Gasteiger partial charge on any atom is 2.00 e. The van der Waals surface area contributed by atoms with E-state index in [-0.39, 0.29) is 39.6 Å². The molecule has 0 unspecified atom stereocenters. The van der Waals surface area contributed by atoms with Crippen LogP contribution in [0.2, 0.25) is 0 Å². The van der Waals surface area contributed by atoms with Gasteiger partial charge in [0.05, 0.1) is 0 Å². The van der Waals surface area contributed by atoms with Crippen LogP contribution in [0.15, 0.2) is 18.2 Å². The van der Waals surface area contributed by atoms with E-state index in [4.69, 9.17) is 0 Å². The van der Waals surface area contributed by atoms with Crippen LogP contribution in [0.5, 0.6) is 5.75 Å². The van der Waals surface area contributed by atoms with E-state index in [1.165, 1.54) is 0 Å². The second kappa shape index (κ2) is 6.37. The molecule has 0 aliphatic carbocycles. The fourth-order valence-corrected chi connectivity index (χ4v) is 2.18. The summed E-state index contributed by atoms with van der Waals surface area (Å²) in [5.74, 6) is 0.119. The first kappa shape index (κ1) is 19.9. The van der Waals surface area contributed by atoms with E-state index in [0.29, 0.717) is 5.56 Å². The summed E-state index contributed by atoms with van der Waals surface area (Å²) in [4.78, 5) is 21.6. The van der Waals surface area contributed by atoms with Gasteiger partial charge in [0.15, 0.2) is 0 Å². The Morgan fingerprint density at radius 3 is 1.85 bits per heavy atom. The van der Waals surface area contributed by atoms with Crippen LogP contribution in [-0.4, -0.2) is 23.1 Å². The number of phosphoric acid groups is 1. The van der Waals surface area contributed by atoms with Crippen LogP contribution >= 0.6 is 7.82 Å². The normalized spacial score (nSPS) is 12.8. The molecular weight excluding hydrogens is 287 g/mol. The molecule has 1 rings (SSSR count). The van der Waals surface area contributed by atoms with Gasteiger partial charge >= 0.3 is 23.1 Å². The van der Waals surface area contributed by atoms with Crippen molar-refractivity contribution in [3.8, 4) is 5.75 Å². The van der Waals surface area contributed by atoms with Crippen LogP contribution in [-0.2, 0) is 15.4 Å². The molecule has 6 heteroatoms. The summed E-state index contributed by atoms with van der Waals surface area (Å²) in [5, 5.41) is 0. The molecule has 0 bridgehead atoms. The van der Waals surface area contributed by atoms with Crippen molar-refractivity contribution in [3.05, 3.63) is 29.3 Å². The SMILES string of the molecule is CC(C)(C)c1ccc(OP(=O)([O-])[O-])c(C(C)(C)C)c1.[Mg+2]. The third-order valence-corrected chi connectivity index (χ3v) is 3.28. The molecule has 0 heterocycles. The van der Waals surface area contributed by atoms with Crippen molar-refractivity contribution in [2.45, 2.75) is 52.4 Å². The molecule has 0 aliphatic rings. The van der Waals surface area contributed by atoms with Gasteiger partial charge in [-0.1, -0.05) is 53.7 Å². The second-order valence-corrected chi connectivity index (χ2v) is 7.83. The molecule has 1 aromatic rings. The zero-order valence-electron chi connectivity index (χ0n) is 13.0. The van der Waals surface area contributed by atoms with Gasteiger partial charge in [0.1, 0.15) is 13.6 Å². The van der Waals surface area contributed by atoms with Gasteiger partial charge in [0.25, 0.3) is 0 Å². The van der Waals surface area contributed by atoms with Crippen LogP contribution in [0.1, 0.15) is 52.7 Å².